The molecule has 8 rings (SSSR count). The van der Waals surface area contributed by atoms with E-state index in [9.17, 15) is 33.0 Å². The second kappa shape index (κ2) is 14.8. The van der Waals surface area contributed by atoms with Crippen molar-refractivity contribution in [1.29, 1.82) is 0 Å². The number of carboxylic acids is 1. The summed E-state index contributed by atoms with van der Waals surface area (Å²) in [5, 5.41) is 23.6. The lowest BCUT2D eigenvalue weighted by molar-refractivity contribution is -0.141. The van der Waals surface area contributed by atoms with Crippen LogP contribution in [0.25, 0.3) is 44.6 Å². The summed E-state index contributed by atoms with van der Waals surface area (Å²) in [7, 11) is 0. The highest BCUT2D eigenvalue weighted by molar-refractivity contribution is 5.91. The second-order valence-corrected chi connectivity index (χ2v) is 14.7. The summed E-state index contributed by atoms with van der Waals surface area (Å²) in [5.41, 5.74) is 3.32. The van der Waals surface area contributed by atoms with Gasteiger partial charge in [0.2, 0.25) is 5.89 Å². The number of hydrogen-bond donors (Lipinski definition) is 3. The second-order valence-electron chi connectivity index (χ2n) is 14.7. The van der Waals surface area contributed by atoms with Crippen molar-refractivity contribution in [3.8, 4) is 22.6 Å². The van der Waals surface area contributed by atoms with Crippen LogP contribution in [0.2, 0.25) is 0 Å². The Labute approximate surface area is 319 Å². The maximum atomic E-state index is 14.4. The van der Waals surface area contributed by atoms with Gasteiger partial charge in [-0.05, 0) is 85.3 Å². The minimum atomic E-state index is -4.83. The number of nitrogens with zero attached hydrogens (tertiary/aromatic N) is 6. The number of pyridine rings is 3. The highest BCUT2D eigenvalue weighted by Crippen LogP contribution is 2.39. The van der Waals surface area contributed by atoms with Crippen molar-refractivity contribution in [2.24, 2.45) is 5.92 Å². The van der Waals surface area contributed by atoms with E-state index in [-0.39, 0.29) is 31.6 Å². The zero-order chi connectivity index (χ0) is 39.3. The molecule has 56 heavy (non-hydrogen) atoms. The van der Waals surface area contributed by atoms with Gasteiger partial charge >= 0.3 is 12.1 Å². The van der Waals surface area contributed by atoms with E-state index in [4.69, 9.17) is 9.40 Å². The molecule has 12 nitrogen and oxygen atoms in total. The molecular formula is C41H40F3N7O5. The van der Waals surface area contributed by atoms with Gasteiger partial charge in [0, 0.05) is 74.5 Å². The monoisotopic (exact) mass is 767 g/mol. The summed E-state index contributed by atoms with van der Waals surface area (Å²) >= 11 is 0. The number of aromatic nitrogens is 4. The van der Waals surface area contributed by atoms with Crippen LogP contribution in [0.4, 0.5) is 24.7 Å². The summed E-state index contributed by atoms with van der Waals surface area (Å²) in [5.74, 6) is -0.990. The molecule has 6 aromatic rings. The fourth-order valence-corrected chi connectivity index (χ4v) is 7.87. The van der Waals surface area contributed by atoms with E-state index in [1.54, 1.807) is 18.3 Å². The van der Waals surface area contributed by atoms with Gasteiger partial charge in [0.15, 0.2) is 16.9 Å². The van der Waals surface area contributed by atoms with Crippen LogP contribution in [0.1, 0.15) is 35.1 Å². The first-order valence-electron chi connectivity index (χ1n) is 18.5. The Morgan fingerprint density at radius 2 is 1.70 bits per heavy atom. The predicted octanol–water partition coefficient (Wildman–Crippen LogP) is 6.62. The van der Waals surface area contributed by atoms with Crippen LogP contribution in [-0.2, 0) is 24.1 Å². The molecular weight excluding hydrogens is 727 g/mol. The first kappa shape index (κ1) is 37.3. The molecule has 2 aliphatic rings. The number of rotatable bonds is 10. The Morgan fingerprint density at radius 3 is 2.43 bits per heavy atom. The zero-order valence-corrected chi connectivity index (χ0v) is 30.8. The van der Waals surface area contributed by atoms with E-state index in [1.165, 1.54) is 0 Å². The van der Waals surface area contributed by atoms with E-state index in [0.29, 0.717) is 48.5 Å². The number of carbonyl (C=O) groups is 1. The molecule has 0 unspecified atom stereocenters. The largest absolute Gasteiger partial charge is 0.481 e. The third-order valence-electron chi connectivity index (χ3n) is 11.0. The normalized spacial score (nSPS) is 18.0. The number of anilines is 2. The maximum absolute atomic E-state index is 14.4. The third kappa shape index (κ3) is 7.24. The van der Waals surface area contributed by atoms with Gasteiger partial charge in [-0.25, -0.2) is 9.97 Å². The van der Waals surface area contributed by atoms with E-state index in [2.05, 4.69) is 26.3 Å². The molecule has 290 valence electrons. The van der Waals surface area contributed by atoms with Crippen molar-refractivity contribution < 1.29 is 32.6 Å². The lowest BCUT2D eigenvalue weighted by Crippen LogP contribution is -2.31. The number of fused-ring (bicyclic) bond motifs is 2. The number of aliphatic hydroxyl groups excluding tert-OH is 1. The average Bonchev–Trinajstić information content (AvgIpc) is 3.93. The van der Waals surface area contributed by atoms with E-state index in [0.717, 1.165) is 57.1 Å². The molecule has 4 aromatic heterocycles. The number of nitrogens with one attached hydrogen (secondary N) is 1. The number of aliphatic carboxylic acids is 1. The number of hydrogen-bond acceptors (Lipinski definition) is 10. The van der Waals surface area contributed by atoms with Gasteiger partial charge in [0.1, 0.15) is 11.1 Å². The Kier molecular flexibility index (Phi) is 9.85. The maximum Gasteiger partial charge on any atom is 0.421 e. The number of β-amino-alcohol motifs (C(OH)–C–C–N with tert-alkyl or cyclic N) is 1. The summed E-state index contributed by atoms with van der Waals surface area (Å²) in [6.07, 6.45) is 0.406. The standard InChI is InChI=1S/C41H40F3N7O5/c1-23-29(30-6-4-8-33(24(30)2)47-37-34-26(9-12-45-37)17-25(18-46-34)19-50-14-11-28(52)21-50)5-3-7-31(23)38-48-35-36(56-38)32(41(42,43)44)22-51(39(35)53)16-15-49-13-10-27(20-49)40(54)55/h3-9,12,17-18,22,27-28,52H,10-11,13-16,19-21H2,1-2H3,(H,45,47)(H,54,55)/t27-,28-/m1/s1. The summed E-state index contributed by atoms with van der Waals surface area (Å²) in [6.45, 7) is 6.88. The highest BCUT2D eigenvalue weighted by atomic mass is 19.4. The lowest BCUT2D eigenvalue weighted by atomic mass is 9.93. The summed E-state index contributed by atoms with van der Waals surface area (Å²) in [6, 6.07) is 15.2. The van der Waals surface area contributed by atoms with Crippen molar-refractivity contribution >= 4 is 39.5 Å². The number of oxazole rings is 1. The molecule has 0 amide bonds. The van der Waals surface area contributed by atoms with Crippen LogP contribution in [0.5, 0.6) is 0 Å². The quantitative estimate of drug-likeness (QED) is 0.138. The van der Waals surface area contributed by atoms with Gasteiger partial charge in [-0.2, -0.15) is 13.2 Å². The van der Waals surface area contributed by atoms with Crippen LogP contribution >= 0.6 is 0 Å². The van der Waals surface area contributed by atoms with E-state index < -0.39 is 40.3 Å². The van der Waals surface area contributed by atoms with Crippen LogP contribution in [0, 0.1) is 19.8 Å². The minimum absolute atomic E-state index is 0.0690. The lowest BCUT2D eigenvalue weighted by Gasteiger charge is -2.17. The van der Waals surface area contributed by atoms with Gasteiger partial charge < -0.3 is 29.4 Å². The zero-order valence-electron chi connectivity index (χ0n) is 30.8. The summed E-state index contributed by atoms with van der Waals surface area (Å²) < 4.78 is 50.0. The smallest absolute Gasteiger partial charge is 0.421 e. The van der Waals surface area contributed by atoms with Gasteiger partial charge in [0.25, 0.3) is 5.56 Å². The molecule has 3 N–H and O–H groups in total. The molecule has 2 fully saturated rings. The van der Waals surface area contributed by atoms with Crippen LogP contribution in [-0.4, -0.2) is 84.3 Å². The SMILES string of the molecule is Cc1c(Nc2nccc3cc(CN4CC[C@@H](O)C4)cnc23)cccc1-c1cccc(-c2nc3c(=O)n(CCN4CC[C@@H](C(=O)O)C4)cc(C(F)(F)F)c3o2)c1C. The van der Waals surface area contributed by atoms with E-state index in [1.807, 2.05) is 55.3 Å². The molecule has 0 radical (unpaired) electrons. The molecule has 2 aromatic carbocycles. The average molecular weight is 768 g/mol. The predicted molar refractivity (Wildman–Crippen MR) is 205 cm³/mol. The van der Waals surface area contributed by atoms with E-state index >= 15 is 0 Å². The van der Waals surface area contributed by atoms with Crippen molar-refractivity contribution in [2.75, 3.05) is 38.0 Å². The number of alkyl halides is 3. The molecule has 0 spiro atoms. The molecule has 0 aliphatic carbocycles. The van der Waals surface area contributed by atoms with Crippen LogP contribution < -0.4 is 10.9 Å². The van der Waals surface area contributed by atoms with Crippen molar-refractivity contribution in [3.63, 3.8) is 0 Å². The minimum Gasteiger partial charge on any atom is -0.481 e. The Bertz CT molecular complexity index is 2530. The Hall–Kier alpha value is -5.64. The number of carboxylic acid groups (broad SMARTS) is 1. The van der Waals surface area contributed by atoms with Crippen LogP contribution in [0.3, 0.4) is 0 Å². The molecule has 6 heterocycles. The highest BCUT2D eigenvalue weighted by Gasteiger charge is 2.37. The number of benzene rings is 2. The third-order valence-corrected chi connectivity index (χ3v) is 11.0. The van der Waals surface area contributed by atoms with Gasteiger partial charge in [-0.3, -0.25) is 19.5 Å². The molecule has 2 atom stereocenters. The Morgan fingerprint density at radius 1 is 0.946 bits per heavy atom. The number of likely N-dealkylation sites (tertiary alicyclic amines) is 2. The van der Waals surface area contributed by atoms with Gasteiger partial charge in [0.05, 0.1) is 12.0 Å². The number of aliphatic hydroxyl groups is 1. The topological polar surface area (TPSA) is 150 Å². The fourth-order valence-electron chi connectivity index (χ4n) is 7.87. The summed E-state index contributed by atoms with van der Waals surface area (Å²) in [4.78, 5) is 42.7. The molecule has 2 aliphatic heterocycles. The van der Waals surface area contributed by atoms with Gasteiger partial charge in [-0.15, -0.1) is 0 Å². The fraction of sp³-hybridized carbons (Fsp3) is 0.341. The molecule has 0 bridgehead atoms. The van der Waals surface area contributed by atoms with Gasteiger partial charge in [-0.1, -0.05) is 24.3 Å². The van der Waals surface area contributed by atoms with Crippen molar-refractivity contribution in [1.82, 2.24) is 29.3 Å². The molecule has 15 heteroatoms. The molecule has 2 saturated heterocycles. The van der Waals surface area contributed by atoms with Crippen molar-refractivity contribution in [3.05, 3.63) is 99.7 Å². The number of halogens is 3. The van der Waals surface area contributed by atoms with Crippen molar-refractivity contribution in [2.45, 2.75) is 52.1 Å². The first-order chi connectivity index (χ1) is 26.8. The van der Waals surface area contributed by atoms with Crippen LogP contribution in [0.15, 0.2) is 76.3 Å². The molecule has 0 saturated carbocycles. The Balaban J connectivity index is 1.09. The first-order valence-corrected chi connectivity index (χ1v) is 18.5.